The fraction of sp³-hybridized carbons (Fsp3) is 0.700. The number of hydrogen-bond acceptors (Lipinski definition) is 2. The average Bonchev–Trinajstić information content (AvgIpc) is 1.94. The summed E-state index contributed by atoms with van der Waals surface area (Å²) in [6.07, 6.45) is -0.287. The van der Waals surface area contributed by atoms with Gasteiger partial charge in [-0.05, 0) is 18.5 Å². The van der Waals surface area contributed by atoms with Gasteiger partial charge in [-0.2, -0.15) is 0 Å². The molecule has 80 valence electrons. The van der Waals surface area contributed by atoms with Gasteiger partial charge in [0.1, 0.15) is 6.10 Å². The van der Waals surface area contributed by atoms with Crippen molar-refractivity contribution in [1.29, 1.82) is 0 Å². The lowest BCUT2D eigenvalue weighted by Gasteiger charge is -2.28. The first-order chi connectivity index (χ1) is 6.23. The second-order valence-electron chi connectivity index (χ2n) is 4.51. The highest BCUT2D eigenvalue weighted by Gasteiger charge is 2.24. The molecule has 0 aromatic heterocycles. The highest BCUT2D eigenvalue weighted by atomic mass is 28.3. The maximum Gasteiger partial charge on any atom is 0.381 e. The Morgan fingerprint density at radius 2 is 1.93 bits per heavy atom. The van der Waals surface area contributed by atoms with Gasteiger partial charge >= 0.3 is 5.97 Å². The molecule has 0 saturated carbocycles. The van der Waals surface area contributed by atoms with Crippen molar-refractivity contribution in [3.63, 3.8) is 0 Å². The van der Waals surface area contributed by atoms with Gasteiger partial charge in [0.05, 0.1) is 0 Å². The number of carbonyl (C=O) groups is 1. The van der Waals surface area contributed by atoms with Crippen molar-refractivity contribution in [3.05, 3.63) is 0 Å². The molecule has 3 nitrogen and oxygen atoms in total. The predicted molar refractivity (Wildman–Crippen MR) is 58.6 cm³/mol. The van der Waals surface area contributed by atoms with Gasteiger partial charge in [0.2, 0.25) is 0 Å². The van der Waals surface area contributed by atoms with Gasteiger partial charge in [0.15, 0.2) is 9.04 Å². The summed E-state index contributed by atoms with van der Waals surface area (Å²) < 4.78 is 5.67. The van der Waals surface area contributed by atoms with E-state index in [4.69, 9.17) is 9.53 Å². The Balaban J connectivity index is 4.60. The van der Waals surface area contributed by atoms with Crippen LogP contribution in [0.15, 0.2) is 0 Å². The van der Waals surface area contributed by atoms with Crippen LogP contribution < -0.4 is 0 Å². The summed E-state index contributed by atoms with van der Waals surface area (Å²) in [7, 11) is -1.19. The molecular weight excluding hydrogens is 196 g/mol. The number of aliphatic carboxylic acids is 1. The van der Waals surface area contributed by atoms with Crippen molar-refractivity contribution in [2.24, 2.45) is 5.41 Å². The summed E-state index contributed by atoms with van der Waals surface area (Å²) >= 11 is 0. The van der Waals surface area contributed by atoms with E-state index in [9.17, 15) is 4.79 Å². The fourth-order valence-corrected chi connectivity index (χ4v) is 1.87. The third-order valence-electron chi connectivity index (χ3n) is 1.51. The largest absolute Gasteiger partial charge is 0.472 e. The topological polar surface area (TPSA) is 46.5 Å². The first kappa shape index (κ1) is 13.2. The van der Waals surface area contributed by atoms with Gasteiger partial charge < -0.3 is 9.53 Å². The van der Waals surface area contributed by atoms with Crippen LogP contribution in [0.3, 0.4) is 0 Å². The summed E-state index contributed by atoms with van der Waals surface area (Å²) in [5, 5.41) is 8.44. The Labute approximate surface area is 87.2 Å². The van der Waals surface area contributed by atoms with Crippen LogP contribution in [-0.2, 0) is 9.22 Å². The van der Waals surface area contributed by atoms with Gasteiger partial charge in [-0.3, -0.25) is 0 Å². The van der Waals surface area contributed by atoms with Crippen LogP contribution in [0.5, 0.6) is 0 Å². The first-order valence-corrected chi connectivity index (χ1v) is 7.41. The monoisotopic (exact) mass is 214 g/mol. The molecule has 0 fully saturated rings. The molecule has 0 spiro atoms. The van der Waals surface area contributed by atoms with Crippen LogP contribution >= 0.6 is 0 Å². The third-order valence-corrected chi connectivity index (χ3v) is 2.32. The number of carboxylic acids is 1. The summed E-state index contributed by atoms with van der Waals surface area (Å²) in [5.41, 5.74) is -0.139. The van der Waals surface area contributed by atoms with Crippen LogP contribution in [0.2, 0.25) is 13.1 Å². The molecule has 0 aromatic rings. The second kappa shape index (κ2) is 5.18. The minimum absolute atomic E-state index is 0.139. The molecule has 0 rings (SSSR count). The van der Waals surface area contributed by atoms with E-state index in [-0.39, 0.29) is 11.5 Å². The second-order valence-corrected chi connectivity index (χ2v) is 6.88. The zero-order valence-electron chi connectivity index (χ0n) is 9.42. The van der Waals surface area contributed by atoms with E-state index in [0.717, 1.165) is 0 Å². The quantitative estimate of drug-likeness (QED) is 0.559. The smallest absolute Gasteiger partial charge is 0.381 e. The fourth-order valence-electron chi connectivity index (χ4n) is 0.854. The van der Waals surface area contributed by atoms with Gasteiger partial charge in [-0.25, -0.2) is 4.79 Å². The lowest BCUT2D eigenvalue weighted by atomic mass is 9.90. The highest BCUT2D eigenvalue weighted by Crippen LogP contribution is 2.22. The Bertz CT molecular complexity index is 255. The van der Waals surface area contributed by atoms with Gasteiger partial charge in [0.25, 0.3) is 0 Å². The molecule has 0 aliphatic rings. The normalized spacial score (nSPS) is 13.3. The Morgan fingerprint density at radius 3 is 2.21 bits per heavy atom. The summed E-state index contributed by atoms with van der Waals surface area (Å²) in [4.78, 5) is 10.3. The van der Waals surface area contributed by atoms with Gasteiger partial charge in [-0.1, -0.05) is 26.7 Å². The van der Waals surface area contributed by atoms with Crippen molar-refractivity contribution in [1.82, 2.24) is 0 Å². The average molecular weight is 214 g/mol. The van der Waals surface area contributed by atoms with E-state index in [2.05, 4.69) is 11.8 Å². The summed E-state index contributed by atoms with van der Waals surface area (Å²) in [6.45, 7) is 10.1. The van der Waals surface area contributed by atoms with Crippen LogP contribution in [0.25, 0.3) is 0 Å². The van der Waals surface area contributed by atoms with E-state index in [1.54, 1.807) is 0 Å². The summed E-state index contributed by atoms with van der Waals surface area (Å²) in [6, 6.07) is 0. The highest BCUT2D eigenvalue weighted by molar-refractivity contribution is 6.48. The van der Waals surface area contributed by atoms with Crippen molar-refractivity contribution in [2.45, 2.75) is 40.0 Å². The van der Waals surface area contributed by atoms with E-state index in [1.807, 2.05) is 33.9 Å². The zero-order valence-corrected chi connectivity index (χ0v) is 10.6. The van der Waals surface area contributed by atoms with Crippen molar-refractivity contribution in [2.75, 3.05) is 0 Å². The third kappa shape index (κ3) is 5.78. The zero-order chi connectivity index (χ0) is 11.4. The molecular formula is C10H18O3Si. The standard InChI is InChI=1S/C10H18O3Si/c1-10(2,3)8(13-14(4)5)6-7-9(11)12/h8,14H,1-5H3,(H,11,12). The van der Waals surface area contributed by atoms with Crippen LogP contribution in [-0.4, -0.2) is 26.2 Å². The molecule has 0 saturated heterocycles. The molecule has 14 heavy (non-hydrogen) atoms. The molecule has 1 N–H and O–H groups in total. The van der Waals surface area contributed by atoms with Crippen molar-refractivity contribution in [3.8, 4) is 11.8 Å². The SMILES string of the molecule is C[SiH](C)OC(C#CC(=O)O)C(C)(C)C. The van der Waals surface area contributed by atoms with Crippen molar-refractivity contribution < 1.29 is 14.3 Å². The molecule has 0 aromatic carbocycles. The van der Waals surface area contributed by atoms with Gasteiger partial charge in [-0.15, -0.1) is 0 Å². The molecule has 0 radical (unpaired) electrons. The molecule has 4 heteroatoms. The van der Waals surface area contributed by atoms with E-state index in [1.165, 1.54) is 0 Å². The maximum absolute atomic E-state index is 10.3. The van der Waals surface area contributed by atoms with Crippen LogP contribution in [0, 0.1) is 17.3 Å². The van der Waals surface area contributed by atoms with Crippen molar-refractivity contribution >= 4 is 15.0 Å². The number of rotatable bonds is 2. The lowest BCUT2D eigenvalue weighted by molar-refractivity contribution is -0.130. The molecule has 0 aliphatic heterocycles. The molecule has 1 unspecified atom stereocenters. The molecule has 0 amide bonds. The number of carboxylic acid groups (broad SMARTS) is 1. The van der Waals surface area contributed by atoms with Crippen LogP contribution in [0.4, 0.5) is 0 Å². The Hall–Kier alpha value is -0.793. The van der Waals surface area contributed by atoms with Crippen LogP contribution in [0.1, 0.15) is 20.8 Å². The van der Waals surface area contributed by atoms with E-state index < -0.39 is 15.0 Å². The minimum Gasteiger partial charge on any atom is -0.472 e. The molecule has 0 bridgehead atoms. The van der Waals surface area contributed by atoms with E-state index in [0.29, 0.717) is 0 Å². The Kier molecular flexibility index (Phi) is 4.88. The first-order valence-electron chi connectivity index (χ1n) is 4.63. The minimum atomic E-state index is -1.19. The molecule has 0 heterocycles. The molecule has 1 atom stereocenters. The summed E-state index contributed by atoms with van der Waals surface area (Å²) in [5.74, 6) is 3.67. The predicted octanol–water partition coefficient (Wildman–Crippen LogP) is 1.49. The Morgan fingerprint density at radius 1 is 1.43 bits per heavy atom. The maximum atomic E-state index is 10.3. The van der Waals surface area contributed by atoms with Gasteiger partial charge in [0, 0.05) is 5.92 Å². The van der Waals surface area contributed by atoms with E-state index >= 15 is 0 Å². The lowest BCUT2D eigenvalue weighted by Crippen LogP contribution is -2.32. The number of hydrogen-bond donors (Lipinski definition) is 1. The molecule has 0 aliphatic carbocycles.